The molecule has 4 rings (SSSR count). The summed E-state index contributed by atoms with van der Waals surface area (Å²) in [5.74, 6) is 3.84. The predicted molar refractivity (Wildman–Crippen MR) is 146 cm³/mol. The number of aliphatic hydroxyl groups excluding tert-OH is 1. The Kier molecular flexibility index (Phi) is 8.88. The first-order valence-electron chi connectivity index (χ1n) is 14.8. The molecule has 0 aromatic heterocycles. The van der Waals surface area contributed by atoms with Crippen molar-refractivity contribution >= 4 is 0 Å². The van der Waals surface area contributed by atoms with Crippen molar-refractivity contribution < 1.29 is 10.2 Å². The largest absolute Gasteiger partial charge is 0.393 e. The fourth-order valence-corrected chi connectivity index (χ4v) is 9.26. The van der Waals surface area contributed by atoms with Crippen molar-refractivity contribution in [2.75, 3.05) is 0 Å². The molecule has 0 heterocycles. The molecule has 34 heavy (non-hydrogen) atoms. The molecule has 3 fully saturated rings. The average molecular weight is 473 g/mol. The second-order valence-corrected chi connectivity index (χ2v) is 13.2. The Balaban J connectivity index is 0.00000158. The van der Waals surface area contributed by atoms with Crippen LogP contribution in [0.1, 0.15) is 119 Å². The minimum absolute atomic E-state index is 0.152. The van der Waals surface area contributed by atoms with Crippen LogP contribution in [0.5, 0.6) is 0 Å². The minimum atomic E-state index is -0.791. The molecule has 3 saturated carbocycles. The van der Waals surface area contributed by atoms with Gasteiger partial charge < -0.3 is 10.2 Å². The topological polar surface area (TPSA) is 40.5 Å². The van der Waals surface area contributed by atoms with Crippen LogP contribution in [0.3, 0.4) is 0 Å². The summed E-state index contributed by atoms with van der Waals surface area (Å²) in [5.41, 5.74) is 1.05. The fraction of sp³-hybridized carbons (Fsp3) is 0.875. The molecule has 0 amide bonds. The normalized spacial score (nSPS) is 44.2. The lowest BCUT2D eigenvalue weighted by molar-refractivity contribution is -0.139. The van der Waals surface area contributed by atoms with Crippen molar-refractivity contribution in [1.82, 2.24) is 0 Å². The second-order valence-electron chi connectivity index (χ2n) is 13.2. The smallest absolute Gasteiger partial charge is 0.0898 e. The molecule has 0 radical (unpaired) electrons. The zero-order valence-corrected chi connectivity index (χ0v) is 23.6. The third-order valence-electron chi connectivity index (χ3n) is 10.9. The fourth-order valence-electron chi connectivity index (χ4n) is 9.26. The summed E-state index contributed by atoms with van der Waals surface area (Å²) in [7, 11) is 0. The maximum absolute atomic E-state index is 12.2. The lowest BCUT2D eigenvalue weighted by atomic mass is 9.43. The van der Waals surface area contributed by atoms with E-state index in [1.165, 1.54) is 50.5 Å². The van der Waals surface area contributed by atoms with Gasteiger partial charge in [0.2, 0.25) is 0 Å². The molecule has 9 atom stereocenters. The van der Waals surface area contributed by atoms with E-state index in [2.05, 4.69) is 47.3 Å². The Bertz CT molecular complexity index is 725. The van der Waals surface area contributed by atoms with Gasteiger partial charge in [0.15, 0.2) is 0 Å². The molecule has 4 aliphatic carbocycles. The Morgan fingerprint density at radius 2 is 1.74 bits per heavy atom. The summed E-state index contributed by atoms with van der Waals surface area (Å²) in [6, 6.07) is 0. The molecular weight excluding hydrogens is 416 g/mol. The van der Waals surface area contributed by atoms with E-state index in [0.29, 0.717) is 29.6 Å². The minimum Gasteiger partial charge on any atom is -0.393 e. The molecule has 4 aliphatic rings. The summed E-state index contributed by atoms with van der Waals surface area (Å²) in [6.45, 7) is 20.3. The van der Waals surface area contributed by atoms with Crippen LogP contribution >= 0.6 is 0 Å². The van der Waals surface area contributed by atoms with Gasteiger partial charge in [0, 0.05) is 0 Å². The van der Waals surface area contributed by atoms with Crippen LogP contribution in [-0.2, 0) is 0 Å². The zero-order chi connectivity index (χ0) is 25.3. The Morgan fingerprint density at radius 1 is 1.03 bits per heavy atom. The molecule has 0 aliphatic heterocycles. The molecule has 0 bridgehead atoms. The van der Waals surface area contributed by atoms with E-state index in [-0.39, 0.29) is 11.5 Å². The highest BCUT2D eigenvalue weighted by atomic mass is 16.3. The zero-order valence-electron chi connectivity index (χ0n) is 23.6. The predicted octanol–water partition coefficient (Wildman–Crippen LogP) is 8.33. The van der Waals surface area contributed by atoms with Gasteiger partial charge in [-0.15, -0.1) is 6.58 Å². The highest BCUT2D eigenvalue weighted by molar-refractivity contribution is 5.32. The SMILES string of the molecule is C=CCC1(O)C=C2CC(O)CC[C@]2(C)C2CC[C@]3(C)C(C(C)CCCC(C)C)CCC3C21.CC. The molecule has 0 spiro atoms. The number of rotatable bonds is 7. The Hall–Kier alpha value is -0.600. The van der Waals surface area contributed by atoms with Crippen molar-refractivity contribution in [2.24, 2.45) is 46.3 Å². The van der Waals surface area contributed by atoms with Crippen molar-refractivity contribution in [1.29, 1.82) is 0 Å². The molecule has 0 saturated heterocycles. The number of hydrogen-bond acceptors (Lipinski definition) is 2. The van der Waals surface area contributed by atoms with Gasteiger partial charge in [-0.3, -0.25) is 0 Å². The van der Waals surface area contributed by atoms with Gasteiger partial charge in [0.1, 0.15) is 0 Å². The van der Waals surface area contributed by atoms with Crippen LogP contribution in [0.2, 0.25) is 0 Å². The monoisotopic (exact) mass is 472 g/mol. The first-order valence-corrected chi connectivity index (χ1v) is 14.8. The van der Waals surface area contributed by atoms with Crippen molar-refractivity contribution in [3.05, 3.63) is 24.3 Å². The van der Waals surface area contributed by atoms with Crippen LogP contribution in [0.4, 0.5) is 0 Å². The van der Waals surface area contributed by atoms with E-state index in [1.54, 1.807) is 0 Å². The van der Waals surface area contributed by atoms with Crippen LogP contribution in [0.25, 0.3) is 0 Å². The van der Waals surface area contributed by atoms with Crippen molar-refractivity contribution in [3.63, 3.8) is 0 Å². The van der Waals surface area contributed by atoms with Crippen LogP contribution < -0.4 is 0 Å². The highest BCUT2D eigenvalue weighted by Gasteiger charge is 2.64. The van der Waals surface area contributed by atoms with Crippen LogP contribution in [0, 0.1) is 46.3 Å². The molecule has 2 N–H and O–H groups in total. The average Bonchev–Trinajstić information content (AvgIpc) is 3.13. The molecule has 2 nitrogen and oxygen atoms in total. The summed E-state index contributed by atoms with van der Waals surface area (Å²) in [5, 5.41) is 22.6. The van der Waals surface area contributed by atoms with E-state index >= 15 is 0 Å². The van der Waals surface area contributed by atoms with Crippen LogP contribution in [0.15, 0.2) is 24.3 Å². The van der Waals surface area contributed by atoms with Gasteiger partial charge in [-0.2, -0.15) is 0 Å². The quantitative estimate of drug-likeness (QED) is 0.366. The lowest BCUT2D eigenvalue weighted by Gasteiger charge is -2.62. The third kappa shape index (κ3) is 4.84. The summed E-state index contributed by atoms with van der Waals surface area (Å²) in [6.07, 6.45) is 16.5. The van der Waals surface area contributed by atoms with Crippen LogP contribution in [-0.4, -0.2) is 21.9 Å². The maximum atomic E-state index is 12.2. The van der Waals surface area contributed by atoms with Gasteiger partial charge in [-0.1, -0.05) is 85.5 Å². The Morgan fingerprint density at radius 3 is 2.38 bits per heavy atom. The van der Waals surface area contributed by atoms with E-state index in [1.807, 2.05) is 19.9 Å². The molecule has 7 unspecified atom stereocenters. The lowest BCUT2D eigenvalue weighted by Crippen LogP contribution is -2.59. The first kappa shape index (κ1) is 28.0. The molecular formula is C32H56O2. The van der Waals surface area contributed by atoms with Gasteiger partial charge >= 0.3 is 0 Å². The van der Waals surface area contributed by atoms with E-state index < -0.39 is 5.60 Å². The summed E-state index contributed by atoms with van der Waals surface area (Å²) in [4.78, 5) is 0. The molecule has 196 valence electrons. The van der Waals surface area contributed by atoms with E-state index in [0.717, 1.165) is 37.0 Å². The molecule has 0 aromatic rings. The van der Waals surface area contributed by atoms with E-state index in [9.17, 15) is 10.2 Å². The highest BCUT2D eigenvalue weighted by Crippen LogP contribution is 2.69. The first-order chi connectivity index (χ1) is 16.0. The maximum Gasteiger partial charge on any atom is 0.0898 e. The van der Waals surface area contributed by atoms with Gasteiger partial charge in [0.05, 0.1) is 11.7 Å². The van der Waals surface area contributed by atoms with E-state index in [4.69, 9.17) is 0 Å². The van der Waals surface area contributed by atoms with Crippen molar-refractivity contribution in [3.8, 4) is 0 Å². The number of fused-ring (bicyclic) bond motifs is 5. The summed E-state index contributed by atoms with van der Waals surface area (Å²) < 4.78 is 0. The van der Waals surface area contributed by atoms with Gasteiger partial charge in [-0.25, -0.2) is 0 Å². The molecule has 2 heteroatoms. The standard InChI is InChI=1S/C30H50O2.C2H6/c1-7-15-30(32)19-22-18-23(31)13-16-28(22,5)26-14-17-29(6)24(11-12-25(29)27(26)30)21(4)10-8-9-20(2)3;1-2/h7,19-21,23-27,31-32H,1,8-18H2,2-6H3;1-2H3/t21?,23?,24?,25?,26?,27?,28-,29+,30?;/m0./s1. The number of aliphatic hydroxyl groups is 2. The van der Waals surface area contributed by atoms with Gasteiger partial charge in [0.25, 0.3) is 0 Å². The van der Waals surface area contributed by atoms with Crippen molar-refractivity contribution in [2.45, 2.75) is 131 Å². The molecule has 0 aromatic carbocycles. The Labute approximate surface area is 211 Å². The number of hydrogen-bond donors (Lipinski definition) is 2. The van der Waals surface area contributed by atoms with Gasteiger partial charge in [-0.05, 0) is 97.7 Å². The second kappa shape index (κ2) is 10.8. The third-order valence-corrected chi connectivity index (χ3v) is 10.9. The summed E-state index contributed by atoms with van der Waals surface area (Å²) >= 11 is 0.